The first-order valence-electron chi connectivity index (χ1n) is 10.2. The highest BCUT2D eigenvalue weighted by Crippen LogP contribution is 2.40. The van der Waals surface area contributed by atoms with Crippen LogP contribution >= 0.6 is 0 Å². The second-order valence-corrected chi connectivity index (χ2v) is 8.77. The molecule has 1 aliphatic carbocycles. The lowest BCUT2D eigenvalue weighted by Crippen LogP contribution is -2.48. The van der Waals surface area contributed by atoms with Gasteiger partial charge in [-0.3, -0.25) is 4.79 Å². The molecule has 0 atom stereocenters. The van der Waals surface area contributed by atoms with Crippen LogP contribution in [0.5, 0.6) is 0 Å². The number of hydrogen-bond acceptors (Lipinski definition) is 2. The van der Waals surface area contributed by atoms with E-state index in [2.05, 4.69) is 34.1 Å². The minimum absolute atomic E-state index is 0.226. The summed E-state index contributed by atoms with van der Waals surface area (Å²) in [5, 5.41) is 0. The number of hydrogen-bond donors (Lipinski definition) is 0. The van der Waals surface area contributed by atoms with Gasteiger partial charge < -0.3 is 9.80 Å². The lowest BCUT2D eigenvalue weighted by molar-refractivity contribution is -0.131. The summed E-state index contributed by atoms with van der Waals surface area (Å²) in [6.07, 6.45) is 9.36. The van der Waals surface area contributed by atoms with Crippen molar-refractivity contribution in [2.24, 2.45) is 11.3 Å². The summed E-state index contributed by atoms with van der Waals surface area (Å²) in [6.45, 7) is 7.20. The van der Waals surface area contributed by atoms with E-state index in [-0.39, 0.29) is 11.3 Å². The monoisotopic (exact) mass is 340 g/mol. The van der Waals surface area contributed by atoms with Crippen molar-refractivity contribution in [1.29, 1.82) is 0 Å². The highest BCUT2D eigenvalue weighted by molar-refractivity contribution is 5.73. The largest absolute Gasteiger partial charge is 0.338 e. The van der Waals surface area contributed by atoms with E-state index in [9.17, 15) is 4.79 Å². The number of carbonyl (C=O) groups is 1. The van der Waals surface area contributed by atoms with Gasteiger partial charge in [0.2, 0.25) is 5.91 Å². The predicted octanol–water partition coefficient (Wildman–Crippen LogP) is 3.86. The van der Waals surface area contributed by atoms with Gasteiger partial charge in [0.25, 0.3) is 0 Å². The molecule has 2 aliphatic heterocycles. The Bertz CT molecular complexity index is 612. The predicted molar refractivity (Wildman–Crippen MR) is 101 cm³/mol. The molecule has 25 heavy (non-hydrogen) atoms. The molecule has 1 saturated carbocycles. The maximum absolute atomic E-state index is 12.2. The zero-order chi connectivity index (χ0) is 17.3. The molecule has 0 aromatic heterocycles. The van der Waals surface area contributed by atoms with Crippen molar-refractivity contribution < 1.29 is 4.79 Å². The topological polar surface area (TPSA) is 23.6 Å². The van der Waals surface area contributed by atoms with Crippen LogP contribution in [0.25, 0.3) is 0 Å². The Morgan fingerprint density at radius 3 is 2.48 bits per heavy atom. The van der Waals surface area contributed by atoms with E-state index in [0.29, 0.717) is 0 Å². The SMILES string of the molecule is CC(=O)N1Cc2ccccc2CC2(CCN(CC3CCCC3)CC2)C1. The van der Waals surface area contributed by atoms with Crippen LogP contribution < -0.4 is 0 Å². The molecule has 3 heteroatoms. The number of likely N-dealkylation sites (tertiary alicyclic amines) is 1. The van der Waals surface area contributed by atoms with Crippen molar-refractivity contribution in [3.63, 3.8) is 0 Å². The fraction of sp³-hybridized carbons (Fsp3) is 0.682. The molecule has 136 valence electrons. The van der Waals surface area contributed by atoms with Gasteiger partial charge in [-0.2, -0.15) is 0 Å². The minimum Gasteiger partial charge on any atom is -0.338 e. The Labute approximate surface area is 152 Å². The second kappa shape index (κ2) is 7.11. The zero-order valence-electron chi connectivity index (χ0n) is 15.7. The Hall–Kier alpha value is -1.35. The Morgan fingerprint density at radius 2 is 1.80 bits per heavy atom. The summed E-state index contributed by atoms with van der Waals surface area (Å²) < 4.78 is 0. The molecule has 0 bridgehead atoms. The van der Waals surface area contributed by atoms with E-state index in [1.165, 1.54) is 69.3 Å². The third kappa shape index (κ3) is 3.76. The lowest BCUT2D eigenvalue weighted by Gasteiger charge is -2.44. The van der Waals surface area contributed by atoms with E-state index in [1.54, 1.807) is 6.92 Å². The quantitative estimate of drug-likeness (QED) is 0.816. The first kappa shape index (κ1) is 17.1. The van der Waals surface area contributed by atoms with Crippen LogP contribution in [0.15, 0.2) is 24.3 Å². The van der Waals surface area contributed by atoms with Crippen LogP contribution in [-0.4, -0.2) is 41.9 Å². The molecule has 0 N–H and O–H groups in total. The van der Waals surface area contributed by atoms with E-state index in [0.717, 1.165) is 25.4 Å². The van der Waals surface area contributed by atoms with Crippen molar-refractivity contribution in [2.75, 3.05) is 26.2 Å². The Balaban J connectivity index is 1.48. The van der Waals surface area contributed by atoms with E-state index >= 15 is 0 Å². The van der Waals surface area contributed by atoms with Gasteiger partial charge in [-0.15, -0.1) is 0 Å². The molecule has 1 amide bonds. The van der Waals surface area contributed by atoms with Crippen molar-refractivity contribution in [3.8, 4) is 0 Å². The highest BCUT2D eigenvalue weighted by atomic mass is 16.2. The number of rotatable bonds is 2. The average Bonchev–Trinajstić information content (AvgIpc) is 3.05. The van der Waals surface area contributed by atoms with E-state index in [4.69, 9.17) is 0 Å². The highest BCUT2D eigenvalue weighted by Gasteiger charge is 2.39. The van der Waals surface area contributed by atoms with Gasteiger partial charge in [0, 0.05) is 26.6 Å². The van der Waals surface area contributed by atoms with Crippen molar-refractivity contribution in [3.05, 3.63) is 35.4 Å². The van der Waals surface area contributed by atoms with Gasteiger partial charge >= 0.3 is 0 Å². The normalized spacial score (nSPS) is 24.3. The summed E-state index contributed by atoms with van der Waals surface area (Å²) in [6, 6.07) is 8.76. The molecule has 0 unspecified atom stereocenters. The van der Waals surface area contributed by atoms with Crippen molar-refractivity contribution in [1.82, 2.24) is 9.80 Å². The smallest absolute Gasteiger partial charge is 0.219 e. The summed E-state index contributed by atoms with van der Waals surface area (Å²) in [4.78, 5) is 17.0. The number of benzene rings is 1. The summed E-state index contributed by atoms with van der Waals surface area (Å²) in [7, 11) is 0. The van der Waals surface area contributed by atoms with Gasteiger partial charge in [-0.05, 0) is 67.7 Å². The molecule has 2 fully saturated rings. The molecule has 1 saturated heterocycles. The van der Waals surface area contributed by atoms with Crippen molar-refractivity contribution >= 4 is 5.91 Å². The second-order valence-electron chi connectivity index (χ2n) is 8.77. The number of carbonyl (C=O) groups excluding carboxylic acids is 1. The van der Waals surface area contributed by atoms with Crippen LogP contribution in [0.3, 0.4) is 0 Å². The molecule has 1 aromatic carbocycles. The van der Waals surface area contributed by atoms with E-state index < -0.39 is 0 Å². The molecule has 3 nitrogen and oxygen atoms in total. The Morgan fingerprint density at radius 1 is 1.12 bits per heavy atom. The van der Waals surface area contributed by atoms with Gasteiger partial charge in [0.05, 0.1) is 0 Å². The number of fused-ring (bicyclic) bond motifs is 1. The number of nitrogens with zero attached hydrogens (tertiary/aromatic N) is 2. The van der Waals surface area contributed by atoms with Gasteiger partial charge in [0.1, 0.15) is 0 Å². The standard InChI is InChI=1S/C22H32N2O/c1-18(25)24-16-21-9-5-4-8-20(21)14-22(17-24)10-12-23(13-11-22)15-19-6-2-3-7-19/h4-5,8-9,19H,2-3,6-7,10-17H2,1H3. The summed E-state index contributed by atoms with van der Waals surface area (Å²) in [5.74, 6) is 1.17. The maximum Gasteiger partial charge on any atom is 0.219 e. The Kier molecular flexibility index (Phi) is 4.86. The average molecular weight is 341 g/mol. The number of amides is 1. The fourth-order valence-electron chi connectivity index (χ4n) is 5.34. The van der Waals surface area contributed by atoms with Crippen LogP contribution in [0.4, 0.5) is 0 Å². The third-order valence-electron chi connectivity index (χ3n) is 6.92. The van der Waals surface area contributed by atoms with Gasteiger partial charge in [0.15, 0.2) is 0 Å². The van der Waals surface area contributed by atoms with E-state index in [1.807, 2.05) is 0 Å². The molecule has 1 aromatic rings. The molecular weight excluding hydrogens is 308 g/mol. The molecule has 0 radical (unpaired) electrons. The first-order valence-corrected chi connectivity index (χ1v) is 10.2. The lowest BCUT2D eigenvalue weighted by atomic mass is 9.73. The molecule has 2 heterocycles. The zero-order valence-corrected chi connectivity index (χ0v) is 15.7. The van der Waals surface area contributed by atoms with Gasteiger partial charge in [-0.25, -0.2) is 0 Å². The molecule has 3 aliphatic rings. The summed E-state index contributed by atoms with van der Waals surface area (Å²) in [5.41, 5.74) is 3.10. The molecule has 1 spiro atoms. The fourth-order valence-corrected chi connectivity index (χ4v) is 5.34. The maximum atomic E-state index is 12.2. The third-order valence-corrected chi connectivity index (χ3v) is 6.92. The molecule has 4 rings (SSSR count). The van der Waals surface area contributed by atoms with Crippen LogP contribution in [0, 0.1) is 11.3 Å². The van der Waals surface area contributed by atoms with Gasteiger partial charge in [-0.1, -0.05) is 37.1 Å². The van der Waals surface area contributed by atoms with Crippen LogP contribution in [-0.2, 0) is 17.8 Å². The van der Waals surface area contributed by atoms with Crippen LogP contribution in [0.2, 0.25) is 0 Å². The minimum atomic E-state index is 0.226. The first-order chi connectivity index (χ1) is 12.1. The summed E-state index contributed by atoms with van der Waals surface area (Å²) >= 11 is 0. The number of piperidine rings is 1. The molecular formula is C22H32N2O. The van der Waals surface area contributed by atoms with Crippen molar-refractivity contribution in [2.45, 2.75) is 58.4 Å². The van der Waals surface area contributed by atoms with Crippen LogP contribution in [0.1, 0.15) is 56.6 Å².